The van der Waals surface area contributed by atoms with Gasteiger partial charge < -0.3 is 11.1 Å². The largest absolute Gasteiger partial charge is 0.399 e. The summed E-state index contributed by atoms with van der Waals surface area (Å²) >= 11 is 3.16. The summed E-state index contributed by atoms with van der Waals surface area (Å²) in [5.74, 6) is -0.139. The first-order valence-corrected chi connectivity index (χ1v) is 5.84. The fourth-order valence-electron chi connectivity index (χ4n) is 1.37. The number of rotatable bonds is 3. The number of nitrogens with one attached hydrogen (secondary N) is 1. The molecule has 2 aromatic rings. The van der Waals surface area contributed by atoms with E-state index in [1.807, 2.05) is 24.3 Å². The van der Waals surface area contributed by atoms with E-state index in [1.165, 1.54) is 6.07 Å². The molecule has 0 atom stereocenters. The van der Waals surface area contributed by atoms with E-state index in [-0.39, 0.29) is 11.6 Å². The molecule has 0 saturated heterocycles. The molecule has 3 nitrogen and oxygen atoms in total. The number of nitrogens with two attached hydrogens (primary N) is 1. The Bertz CT molecular complexity index is 514. The quantitative estimate of drug-likeness (QED) is 0.855. The van der Waals surface area contributed by atoms with Gasteiger partial charge in [-0.05, 0) is 39.7 Å². The number of halogens is 2. The van der Waals surface area contributed by atoms with Gasteiger partial charge in [0.25, 0.3) is 0 Å². The van der Waals surface area contributed by atoms with Crippen molar-refractivity contribution >= 4 is 27.4 Å². The Hall–Kier alpha value is -1.62. The van der Waals surface area contributed by atoms with Crippen LogP contribution in [0.25, 0.3) is 0 Å². The van der Waals surface area contributed by atoms with Crippen molar-refractivity contribution in [2.24, 2.45) is 0 Å². The average molecular weight is 296 g/mol. The third-order valence-electron chi connectivity index (χ3n) is 2.25. The molecule has 0 bridgehead atoms. The molecule has 0 fully saturated rings. The first-order chi connectivity index (χ1) is 8.15. The summed E-state index contributed by atoms with van der Waals surface area (Å²) in [4.78, 5) is 3.95. The number of aromatic nitrogens is 1. The van der Waals surface area contributed by atoms with Crippen LogP contribution in [0, 0.1) is 5.82 Å². The van der Waals surface area contributed by atoms with Crippen molar-refractivity contribution in [1.82, 2.24) is 4.98 Å². The van der Waals surface area contributed by atoms with Gasteiger partial charge in [-0.15, -0.1) is 0 Å². The zero-order valence-electron chi connectivity index (χ0n) is 8.95. The molecule has 0 aliphatic heterocycles. The Balaban J connectivity index is 2.04. The molecule has 0 saturated carbocycles. The van der Waals surface area contributed by atoms with E-state index in [0.717, 1.165) is 5.56 Å². The maximum atomic E-state index is 13.4. The van der Waals surface area contributed by atoms with Crippen molar-refractivity contribution in [3.8, 4) is 0 Å². The van der Waals surface area contributed by atoms with Gasteiger partial charge in [0.05, 0.1) is 0 Å². The molecule has 17 heavy (non-hydrogen) atoms. The highest BCUT2D eigenvalue weighted by atomic mass is 79.9. The number of benzene rings is 1. The van der Waals surface area contributed by atoms with Crippen molar-refractivity contribution in [1.29, 1.82) is 0 Å². The lowest BCUT2D eigenvalue weighted by Gasteiger charge is -2.07. The lowest BCUT2D eigenvalue weighted by molar-refractivity contribution is 0.623. The lowest BCUT2D eigenvalue weighted by atomic mass is 10.2. The van der Waals surface area contributed by atoms with Gasteiger partial charge in [0.15, 0.2) is 11.6 Å². The van der Waals surface area contributed by atoms with E-state index < -0.39 is 0 Å². The molecule has 1 aromatic heterocycles. The summed E-state index contributed by atoms with van der Waals surface area (Å²) in [5.41, 5.74) is 7.30. The smallest absolute Gasteiger partial charge is 0.166 e. The summed E-state index contributed by atoms with van der Waals surface area (Å²) in [6.07, 6.45) is 1.55. The molecule has 0 radical (unpaired) electrons. The van der Waals surface area contributed by atoms with Gasteiger partial charge in [0.2, 0.25) is 0 Å². The van der Waals surface area contributed by atoms with Gasteiger partial charge in [-0.2, -0.15) is 0 Å². The highest BCUT2D eigenvalue weighted by Gasteiger charge is 2.03. The number of nitrogen functional groups attached to an aromatic ring is 1. The first kappa shape index (κ1) is 11.9. The normalized spacial score (nSPS) is 10.2. The second kappa shape index (κ2) is 5.14. The van der Waals surface area contributed by atoms with Crippen LogP contribution >= 0.6 is 15.9 Å². The molecule has 0 aliphatic rings. The van der Waals surface area contributed by atoms with Crippen LogP contribution in [-0.2, 0) is 6.54 Å². The third-order valence-corrected chi connectivity index (χ3v) is 2.68. The number of hydrogen-bond acceptors (Lipinski definition) is 3. The summed E-state index contributed by atoms with van der Waals surface area (Å²) in [6, 6.07) is 8.77. The fraction of sp³-hybridized carbons (Fsp3) is 0.0833. The summed E-state index contributed by atoms with van der Waals surface area (Å²) < 4.78 is 14.1. The topological polar surface area (TPSA) is 50.9 Å². The van der Waals surface area contributed by atoms with Gasteiger partial charge >= 0.3 is 0 Å². The van der Waals surface area contributed by atoms with E-state index in [4.69, 9.17) is 5.73 Å². The Morgan fingerprint density at radius 2 is 2.00 bits per heavy atom. The predicted molar refractivity (Wildman–Crippen MR) is 70.1 cm³/mol. The highest BCUT2D eigenvalue weighted by Crippen LogP contribution is 2.17. The Kier molecular flexibility index (Phi) is 3.58. The van der Waals surface area contributed by atoms with Crippen molar-refractivity contribution in [2.75, 3.05) is 11.1 Å². The molecule has 0 unspecified atom stereocenters. The zero-order chi connectivity index (χ0) is 12.3. The molecule has 1 aromatic carbocycles. The SMILES string of the molecule is Nc1ccc(CNc2ncc(Br)cc2F)cc1. The summed E-state index contributed by atoms with van der Waals surface area (Å²) in [5, 5.41) is 2.93. The molecule has 0 spiro atoms. The molecular formula is C12H11BrFN3. The van der Waals surface area contributed by atoms with E-state index in [1.54, 1.807) is 6.20 Å². The van der Waals surface area contributed by atoms with Gasteiger partial charge in [0, 0.05) is 22.9 Å². The van der Waals surface area contributed by atoms with Crippen LogP contribution in [0.1, 0.15) is 5.56 Å². The van der Waals surface area contributed by atoms with Gasteiger partial charge in [-0.3, -0.25) is 0 Å². The molecule has 2 rings (SSSR count). The molecule has 88 valence electrons. The average Bonchev–Trinajstić information content (AvgIpc) is 2.30. The second-order valence-corrected chi connectivity index (χ2v) is 4.49. The lowest BCUT2D eigenvalue weighted by Crippen LogP contribution is -2.03. The molecule has 0 amide bonds. The molecule has 5 heteroatoms. The maximum absolute atomic E-state index is 13.4. The van der Waals surface area contributed by atoms with Crippen LogP contribution in [0.3, 0.4) is 0 Å². The van der Waals surface area contributed by atoms with E-state index >= 15 is 0 Å². The second-order valence-electron chi connectivity index (χ2n) is 3.58. The maximum Gasteiger partial charge on any atom is 0.166 e. The van der Waals surface area contributed by atoms with Crippen molar-refractivity contribution in [2.45, 2.75) is 6.54 Å². The van der Waals surface area contributed by atoms with E-state index in [9.17, 15) is 4.39 Å². The Morgan fingerprint density at radius 3 is 2.65 bits per heavy atom. The Morgan fingerprint density at radius 1 is 1.29 bits per heavy atom. The van der Waals surface area contributed by atoms with Crippen molar-refractivity contribution in [3.05, 3.63) is 52.4 Å². The minimum absolute atomic E-state index is 0.241. The minimum Gasteiger partial charge on any atom is -0.399 e. The summed E-state index contributed by atoms with van der Waals surface area (Å²) in [6.45, 7) is 0.506. The minimum atomic E-state index is -0.380. The van der Waals surface area contributed by atoms with Gasteiger partial charge in [-0.1, -0.05) is 12.1 Å². The Labute approximate surface area is 107 Å². The van der Waals surface area contributed by atoms with Crippen LogP contribution in [0.2, 0.25) is 0 Å². The number of anilines is 2. The zero-order valence-corrected chi connectivity index (χ0v) is 10.5. The predicted octanol–water partition coefficient (Wildman–Crippen LogP) is 3.18. The van der Waals surface area contributed by atoms with E-state index in [2.05, 4.69) is 26.2 Å². The van der Waals surface area contributed by atoms with Gasteiger partial charge in [-0.25, -0.2) is 9.37 Å². The van der Waals surface area contributed by atoms with Crippen molar-refractivity contribution < 1.29 is 4.39 Å². The van der Waals surface area contributed by atoms with Crippen LogP contribution in [0.4, 0.5) is 15.9 Å². The number of nitrogens with zero attached hydrogens (tertiary/aromatic N) is 1. The molecule has 1 heterocycles. The molecular weight excluding hydrogens is 285 g/mol. The van der Waals surface area contributed by atoms with Gasteiger partial charge in [0.1, 0.15) is 0 Å². The van der Waals surface area contributed by atoms with Crippen LogP contribution in [-0.4, -0.2) is 4.98 Å². The fourth-order valence-corrected chi connectivity index (χ4v) is 1.67. The van der Waals surface area contributed by atoms with Crippen LogP contribution in [0.5, 0.6) is 0 Å². The van der Waals surface area contributed by atoms with E-state index in [0.29, 0.717) is 16.7 Å². The van der Waals surface area contributed by atoms with Crippen LogP contribution in [0.15, 0.2) is 41.0 Å². The summed E-state index contributed by atoms with van der Waals surface area (Å²) in [7, 11) is 0. The molecule has 0 aliphatic carbocycles. The number of pyridine rings is 1. The van der Waals surface area contributed by atoms with Crippen molar-refractivity contribution in [3.63, 3.8) is 0 Å². The third kappa shape index (κ3) is 3.17. The standard InChI is InChI=1S/C12H11BrFN3/c13-9-5-11(14)12(17-7-9)16-6-8-1-3-10(15)4-2-8/h1-5,7H,6,15H2,(H,16,17). The van der Waals surface area contributed by atoms with Crippen LogP contribution < -0.4 is 11.1 Å². The first-order valence-electron chi connectivity index (χ1n) is 5.04. The monoisotopic (exact) mass is 295 g/mol. The molecule has 3 N–H and O–H groups in total. The number of hydrogen-bond donors (Lipinski definition) is 2. The highest BCUT2D eigenvalue weighted by molar-refractivity contribution is 9.10.